The minimum Gasteiger partial charge on any atom is -0.383 e. The zero-order valence-electron chi connectivity index (χ0n) is 12.6. The van der Waals surface area contributed by atoms with Gasteiger partial charge >= 0.3 is 0 Å². The molecule has 1 aromatic heterocycles. The van der Waals surface area contributed by atoms with Crippen molar-refractivity contribution in [2.24, 2.45) is 0 Å². The lowest BCUT2D eigenvalue weighted by molar-refractivity contribution is -0.119. The largest absolute Gasteiger partial charge is 0.383 e. The summed E-state index contributed by atoms with van der Waals surface area (Å²) < 4.78 is 0. The van der Waals surface area contributed by atoms with Gasteiger partial charge in [0.05, 0.1) is 0 Å². The third-order valence-corrected chi connectivity index (χ3v) is 3.46. The summed E-state index contributed by atoms with van der Waals surface area (Å²) in [4.78, 5) is 20.1. The van der Waals surface area contributed by atoms with Crippen LogP contribution in [-0.2, 0) is 10.2 Å². The Morgan fingerprint density at radius 3 is 2.65 bits per heavy atom. The van der Waals surface area contributed by atoms with E-state index in [-0.39, 0.29) is 17.4 Å². The summed E-state index contributed by atoms with van der Waals surface area (Å²) in [6, 6.07) is 0.163. The summed E-state index contributed by atoms with van der Waals surface area (Å²) in [6.07, 6.45) is 1.46. The SMILES string of the molecule is Cc1c(N)nc(C(C)(C)C)nc1NCC1CCC(=O)N1. The summed E-state index contributed by atoms with van der Waals surface area (Å²) in [5.41, 5.74) is 6.66. The van der Waals surface area contributed by atoms with Gasteiger partial charge in [0.1, 0.15) is 17.5 Å². The van der Waals surface area contributed by atoms with Crippen molar-refractivity contribution in [2.45, 2.75) is 52.0 Å². The molecule has 0 aromatic carbocycles. The molecule has 0 spiro atoms. The van der Waals surface area contributed by atoms with Crippen LogP contribution in [0.5, 0.6) is 0 Å². The summed E-state index contributed by atoms with van der Waals surface area (Å²) in [5.74, 6) is 2.09. The number of hydrogen-bond donors (Lipinski definition) is 3. The first-order valence-corrected chi connectivity index (χ1v) is 6.95. The molecular formula is C14H23N5O. The maximum absolute atomic E-state index is 11.2. The lowest BCUT2D eigenvalue weighted by Gasteiger charge is -2.20. The Morgan fingerprint density at radius 2 is 2.10 bits per heavy atom. The number of hydrogen-bond acceptors (Lipinski definition) is 5. The van der Waals surface area contributed by atoms with Gasteiger partial charge in [-0.2, -0.15) is 0 Å². The fourth-order valence-electron chi connectivity index (χ4n) is 2.09. The van der Waals surface area contributed by atoms with E-state index >= 15 is 0 Å². The maximum Gasteiger partial charge on any atom is 0.220 e. The standard InChI is InChI=1S/C14H23N5O/c1-8-11(15)18-13(14(2,3)4)19-12(8)16-7-9-5-6-10(20)17-9/h9H,5-7H2,1-4H3,(H,17,20)(H3,15,16,18,19). The van der Waals surface area contributed by atoms with Crippen molar-refractivity contribution in [3.63, 3.8) is 0 Å². The summed E-state index contributed by atoms with van der Waals surface area (Å²) in [7, 11) is 0. The van der Waals surface area contributed by atoms with Crippen LogP contribution < -0.4 is 16.4 Å². The minimum atomic E-state index is -0.153. The Balaban J connectivity index is 2.14. The monoisotopic (exact) mass is 277 g/mol. The van der Waals surface area contributed by atoms with E-state index < -0.39 is 0 Å². The van der Waals surface area contributed by atoms with Crippen LogP contribution in [0.25, 0.3) is 0 Å². The molecule has 1 aliphatic rings. The molecule has 0 saturated carbocycles. The highest BCUT2D eigenvalue weighted by Gasteiger charge is 2.23. The number of nitrogen functional groups attached to an aromatic ring is 1. The number of carbonyl (C=O) groups excluding carboxylic acids is 1. The number of anilines is 2. The van der Waals surface area contributed by atoms with Crippen LogP contribution in [0.3, 0.4) is 0 Å². The van der Waals surface area contributed by atoms with E-state index in [2.05, 4.69) is 41.4 Å². The lowest BCUT2D eigenvalue weighted by atomic mass is 9.95. The molecule has 1 unspecified atom stereocenters. The molecule has 1 fully saturated rings. The van der Waals surface area contributed by atoms with Gasteiger partial charge in [0.2, 0.25) is 5.91 Å². The molecule has 6 heteroatoms. The van der Waals surface area contributed by atoms with E-state index in [1.807, 2.05) is 6.92 Å². The van der Waals surface area contributed by atoms with Crippen molar-refractivity contribution < 1.29 is 4.79 Å². The van der Waals surface area contributed by atoms with Crippen LogP contribution in [0, 0.1) is 6.92 Å². The molecule has 0 bridgehead atoms. The molecule has 20 heavy (non-hydrogen) atoms. The van der Waals surface area contributed by atoms with Gasteiger partial charge < -0.3 is 16.4 Å². The highest BCUT2D eigenvalue weighted by molar-refractivity contribution is 5.78. The van der Waals surface area contributed by atoms with Crippen LogP contribution in [0.15, 0.2) is 0 Å². The molecule has 2 heterocycles. The fraction of sp³-hybridized carbons (Fsp3) is 0.643. The highest BCUT2D eigenvalue weighted by Crippen LogP contribution is 2.24. The molecule has 1 aliphatic heterocycles. The van der Waals surface area contributed by atoms with E-state index in [1.165, 1.54) is 0 Å². The topological polar surface area (TPSA) is 92.9 Å². The number of aromatic nitrogens is 2. The number of carbonyl (C=O) groups is 1. The van der Waals surface area contributed by atoms with Gasteiger partial charge in [0, 0.05) is 30.0 Å². The Labute approximate surface area is 119 Å². The summed E-state index contributed by atoms with van der Waals surface area (Å²) in [6.45, 7) is 8.72. The van der Waals surface area contributed by atoms with Gasteiger partial charge in [0.15, 0.2) is 0 Å². The number of amides is 1. The number of nitrogens with one attached hydrogen (secondary N) is 2. The molecule has 1 atom stereocenters. The zero-order chi connectivity index (χ0) is 14.9. The molecule has 1 aromatic rings. The molecule has 1 saturated heterocycles. The average molecular weight is 277 g/mol. The van der Waals surface area contributed by atoms with Crippen molar-refractivity contribution in [1.82, 2.24) is 15.3 Å². The van der Waals surface area contributed by atoms with E-state index in [9.17, 15) is 4.79 Å². The molecule has 0 aliphatic carbocycles. The molecule has 110 valence electrons. The first-order chi connectivity index (χ1) is 9.27. The van der Waals surface area contributed by atoms with Gasteiger partial charge in [-0.3, -0.25) is 4.79 Å². The smallest absolute Gasteiger partial charge is 0.220 e. The quantitative estimate of drug-likeness (QED) is 0.775. The lowest BCUT2D eigenvalue weighted by Crippen LogP contribution is -2.32. The fourth-order valence-corrected chi connectivity index (χ4v) is 2.09. The first-order valence-electron chi connectivity index (χ1n) is 6.95. The Hall–Kier alpha value is -1.85. The minimum absolute atomic E-state index is 0.117. The van der Waals surface area contributed by atoms with Gasteiger partial charge in [-0.05, 0) is 13.3 Å². The predicted molar refractivity (Wildman–Crippen MR) is 79.5 cm³/mol. The number of rotatable bonds is 3. The van der Waals surface area contributed by atoms with Crippen molar-refractivity contribution in [1.29, 1.82) is 0 Å². The third kappa shape index (κ3) is 3.18. The second-order valence-corrected chi connectivity index (χ2v) is 6.34. The van der Waals surface area contributed by atoms with Gasteiger partial charge in [-0.15, -0.1) is 0 Å². The zero-order valence-corrected chi connectivity index (χ0v) is 12.6. The van der Waals surface area contributed by atoms with E-state index in [4.69, 9.17) is 5.73 Å². The Morgan fingerprint density at radius 1 is 1.40 bits per heavy atom. The number of nitrogens with zero attached hydrogens (tertiary/aromatic N) is 2. The summed E-state index contributed by atoms with van der Waals surface area (Å²) in [5, 5.41) is 6.21. The van der Waals surface area contributed by atoms with Crippen molar-refractivity contribution >= 4 is 17.5 Å². The number of nitrogens with two attached hydrogens (primary N) is 1. The molecule has 0 radical (unpaired) electrons. The second kappa shape index (κ2) is 5.26. The van der Waals surface area contributed by atoms with Crippen LogP contribution in [0.2, 0.25) is 0 Å². The Bertz CT molecular complexity index is 521. The van der Waals surface area contributed by atoms with Crippen LogP contribution >= 0.6 is 0 Å². The van der Waals surface area contributed by atoms with Crippen molar-refractivity contribution in [3.05, 3.63) is 11.4 Å². The molecule has 1 amide bonds. The molecule has 6 nitrogen and oxygen atoms in total. The van der Waals surface area contributed by atoms with Gasteiger partial charge in [-0.1, -0.05) is 20.8 Å². The molecule has 2 rings (SSSR count). The third-order valence-electron chi connectivity index (χ3n) is 3.46. The molecular weight excluding hydrogens is 254 g/mol. The highest BCUT2D eigenvalue weighted by atomic mass is 16.1. The predicted octanol–water partition coefficient (Wildman–Crippen LogP) is 1.36. The van der Waals surface area contributed by atoms with Gasteiger partial charge in [-0.25, -0.2) is 9.97 Å². The summed E-state index contributed by atoms with van der Waals surface area (Å²) >= 11 is 0. The first kappa shape index (κ1) is 14.6. The van der Waals surface area contributed by atoms with E-state index in [1.54, 1.807) is 0 Å². The van der Waals surface area contributed by atoms with E-state index in [0.717, 1.165) is 23.6 Å². The average Bonchev–Trinajstić information content (AvgIpc) is 2.75. The normalized spacial score (nSPS) is 19.0. The molecule has 4 N–H and O–H groups in total. The van der Waals surface area contributed by atoms with Crippen molar-refractivity contribution in [3.8, 4) is 0 Å². The van der Waals surface area contributed by atoms with Crippen molar-refractivity contribution in [2.75, 3.05) is 17.6 Å². The van der Waals surface area contributed by atoms with Gasteiger partial charge in [0.25, 0.3) is 0 Å². The van der Waals surface area contributed by atoms with Crippen LogP contribution in [0.4, 0.5) is 11.6 Å². The van der Waals surface area contributed by atoms with Crippen LogP contribution in [0.1, 0.15) is 45.0 Å². The van der Waals surface area contributed by atoms with Crippen LogP contribution in [-0.4, -0.2) is 28.5 Å². The maximum atomic E-state index is 11.2. The Kier molecular flexibility index (Phi) is 3.83. The second-order valence-electron chi connectivity index (χ2n) is 6.34. The van der Waals surface area contributed by atoms with E-state index in [0.29, 0.717) is 18.8 Å².